The van der Waals surface area contributed by atoms with Crippen molar-refractivity contribution >= 4 is 44.5 Å². The highest BCUT2D eigenvalue weighted by Crippen LogP contribution is 2.51. The number of benzene rings is 1. The average molecular weight is 484 g/mol. The molecule has 2 aromatic heterocycles. The lowest BCUT2D eigenvalue weighted by Gasteiger charge is -2.39. The molecule has 160 valence electrons. The highest BCUT2D eigenvalue weighted by atomic mass is 79.9. The molecule has 0 bridgehead atoms. The van der Waals surface area contributed by atoms with Crippen molar-refractivity contribution < 1.29 is 14.7 Å². The van der Waals surface area contributed by atoms with Crippen LogP contribution in [0.15, 0.2) is 41.1 Å². The number of pyridine rings is 1. The summed E-state index contributed by atoms with van der Waals surface area (Å²) in [6, 6.07) is 7.57. The third-order valence-electron chi connectivity index (χ3n) is 6.30. The predicted octanol–water partition coefficient (Wildman–Crippen LogP) is 2.62. The molecule has 2 aliphatic rings. The van der Waals surface area contributed by atoms with Crippen LogP contribution in [0, 0.1) is 0 Å². The normalized spacial score (nSPS) is 18.6. The number of likely N-dealkylation sites (tertiary alicyclic amines) is 1. The van der Waals surface area contributed by atoms with Gasteiger partial charge in [-0.25, -0.2) is 4.98 Å². The van der Waals surface area contributed by atoms with Gasteiger partial charge in [0.1, 0.15) is 0 Å². The number of halogens is 1. The topological polar surface area (TPSA) is 102 Å². The standard InChI is InChI=1S/C22H22BrN5O3/c1-13(29)12-28-17-4-2-3-16(23)18(17)22(21(28)31)5-7-27(8-6-22)20(30)15-9-14-11-25-26-19(14)24-10-15/h2-4,9-11,13,29H,5-8,12H2,1H3,(H,24,25,26). The van der Waals surface area contributed by atoms with Crippen LogP contribution in [0.4, 0.5) is 5.69 Å². The molecule has 1 unspecified atom stereocenters. The van der Waals surface area contributed by atoms with E-state index in [9.17, 15) is 14.7 Å². The molecule has 2 N–H and O–H groups in total. The zero-order valence-corrected chi connectivity index (χ0v) is 18.6. The number of H-pyrrole nitrogens is 1. The van der Waals surface area contributed by atoms with Gasteiger partial charge in [-0.15, -0.1) is 0 Å². The van der Waals surface area contributed by atoms with Crippen molar-refractivity contribution in [3.05, 3.63) is 52.3 Å². The Morgan fingerprint density at radius 1 is 1.32 bits per heavy atom. The first-order valence-corrected chi connectivity index (χ1v) is 11.1. The number of piperidine rings is 1. The van der Waals surface area contributed by atoms with E-state index in [-0.39, 0.29) is 18.4 Å². The molecule has 1 saturated heterocycles. The highest BCUT2D eigenvalue weighted by Gasteiger charge is 2.53. The molecule has 31 heavy (non-hydrogen) atoms. The minimum Gasteiger partial charge on any atom is -0.392 e. The summed E-state index contributed by atoms with van der Waals surface area (Å²) in [6.07, 6.45) is 3.64. The molecule has 4 heterocycles. The zero-order chi connectivity index (χ0) is 21.8. The molecule has 3 aromatic rings. The second kappa shape index (κ2) is 7.42. The Bertz CT molecular complexity index is 1180. The number of hydrogen-bond donors (Lipinski definition) is 2. The molecule has 9 heteroatoms. The Morgan fingerprint density at radius 2 is 2.10 bits per heavy atom. The summed E-state index contributed by atoms with van der Waals surface area (Å²) >= 11 is 3.64. The molecule has 0 aliphatic carbocycles. The summed E-state index contributed by atoms with van der Waals surface area (Å²) in [6.45, 7) is 2.87. The molecular weight excluding hydrogens is 462 g/mol. The number of β-amino-alcohol motifs (C(OH)–C–C–N with tert-alkyl or cyclic N) is 1. The van der Waals surface area contributed by atoms with Crippen LogP contribution in [0.1, 0.15) is 35.7 Å². The number of aromatic amines is 1. The number of rotatable bonds is 3. The van der Waals surface area contributed by atoms with Crippen LogP contribution in [-0.4, -0.2) is 62.7 Å². The van der Waals surface area contributed by atoms with E-state index in [0.717, 1.165) is 21.1 Å². The zero-order valence-electron chi connectivity index (χ0n) is 17.0. The lowest BCUT2D eigenvalue weighted by atomic mass is 9.73. The summed E-state index contributed by atoms with van der Waals surface area (Å²) in [7, 11) is 0. The molecular formula is C22H22BrN5O3. The number of aromatic nitrogens is 3. The van der Waals surface area contributed by atoms with Gasteiger partial charge in [0.15, 0.2) is 5.65 Å². The fraction of sp³-hybridized carbons (Fsp3) is 0.364. The third-order valence-corrected chi connectivity index (χ3v) is 6.97. The maximum Gasteiger partial charge on any atom is 0.255 e. The lowest BCUT2D eigenvalue weighted by molar-refractivity contribution is -0.125. The Balaban J connectivity index is 1.42. The molecule has 1 aromatic carbocycles. The molecule has 0 radical (unpaired) electrons. The number of amides is 2. The van der Waals surface area contributed by atoms with Crippen LogP contribution in [-0.2, 0) is 10.2 Å². The average Bonchev–Trinajstić information content (AvgIpc) is 3.31. The molecule has 1 spiro atoms. The number of carbonyl (C=O) groups is 2. The van der Waals surface area contributed by atoms with Crippen LogP contribution in [0.3, 0.4) is 0 Å². The van der Waals surface area contributed by atoms with Crippen molar-refractivity contribution in [2.45, 2.75) is 31.3 Å². The van der Waals surface area contributed by atoms with E-state index in [2.05, 4.69) is 31.1 Å². The molecule has 8 nitrogen and oxygen atoms in total. The Morgan fingerprint density at radius 3 is 2.84 bits per heavy atom. The number of nitrogens with one attached hydrogen (secondary N) is 1. The number of hydrogen-bond acceptors (Lipinski definition) is 5. The van der Waals surface area contributed by atoms with Crippen molar-refractivity contribution in [3.63, 3.8) is 0 Å². The number of anilines is 1. The summed E-state index contributed by atoms with van der Waals surface area (Å²) in [4.78, 5) is 34.4. The van der Waals surface area contributed by atoms with Gasteiger partial charge in [0.2, 0.25) is 5.91 Å². The van der Waals surface area contributed by atoms with Crippen molar-refractivity contribution in [2.75, 3.05) is 24.5 Å². The second-order valence-electron chi connectivity index (χ2n) is 8.30. The van der Waals surface area contributed by atoms with Crippen LogP contribution in [0.2, 0.25) is 0 Å². The third kappa shape index (κ3) is 3.14. The molecule has 5 rings (SSSR count). The van der Waals surface area contributed by atoms with E-state index in [1.165, 1.54) is 0 Å². The number of carbonyl (C=O) groups excluding carboxylic acids is 2. The second-order valence-corrected chi connectivity index (χ2v) is 9.16. The Labute approximate surface area is 187 Å². The predicted molar refractivity (Wildman–Crippen MR) is 119 cm³/mol. The van der Waals surface area contributed by atoms with Crippen LogP contribution < -0.4 is 4.90 Å². The highest BCUT2D eigenvalue weighted by molar-refractivity contribution is 9.10. The van der Waals surface area contributed by atoms with Gasteiger partial charge >= 0.3 is 0 Å². The summed E-state index contributed by atoms with van der Waals surface area (Å²) in [5.74, 6) is -0.0898. The van der Waals surface area contributed by atoms with Gasteiger partial charge in [-0.3, -0.25) is 14.7 Å². The number of fused-ring (bicyclic) bond motifs is 3. The minimum absolute atomic E-state index is 0.00359. The van der Waals surface area contributed by atoms with Crippen LogP contribution in [0.5, 0.6) is 0 Å². The smallest absolute Gasteiger partial charge is 0.255 e. The summed E-state index contributed by atoms with van der Waals surface area (Å²) in [5.41, 5.74) is 2.28. The number of aliphatic hydroxyl groups excluding tert-OH is 1. The van der Waals surface area contributed by atoms with Crippen molar-refractivity contribution in [3.8, 4) is 0 Å². The van der Waals surface area contributed by atoms with E-state index >= 15 is 0 Å². The lowest BCUT2D eigenvalue weighted by Crippen LogP contribution is -2.51. The number of nitrogens with zero attached hydrogens (tertiary/aromatic N) is 4. The van der Waals surface area contributed by atoms with Gasteiger partial charge in [-0.1, -0.05) is 22.0 Å². The van der Waals surface area contributed by atoms with Gasteiger partial charge < -0.3 is 14.9 Å². The maximum atomic E-state index is 13.6. The van der Waals surface area contributed by atoms with E-state index in [4.69, 9.17) is 0 Å². The largest absolute Gasteiger partial charge is 0.392 e. The quantitative estimate of drug-likeness (QED) is 0.595. The van der Waals surface area contributed by atoms with Gasteiger partial charge in [0, 0.05) is 40.4 Å². The van der Waals surface area contributed by atoms with Gasteiger partial charge in [0.05, 0.1) is 29.8 Å². The van der Waals surface area contributed by atoms with Crippen molar-refractivity contribution in [1.29, 1.82) is 0 Å². The summed E-state index contributed by atoms with van der Waals surface area (Å²) in [5, 5.41) is 17.5. The monoisotopic (exact) mass is 483 g/mol. The molecule has 2 aliphatic heterocycles. The maximum absolute atomic E-state index is 13.6. The SMILES string of the molecule is CC(O)CN1C(=O)C2(CCN(C(=O)c3cnc4[nH]ncc4c3)CC2)c2c(Br)cccc21. The van der Waals surface area contributed by atoms with Gasteiger partial charge in [-0.2, -0.15) is 5.10 Å². The van der Waals surface area contributed by atoms with E-state index < -0.39 is 11.5 Å². The molecule has 1 atom stereocenters. The Kier molecular flexibility index (Phi) is 4.82. The van der Waals surface area contributed by atoms with Crippen molar-refractivity contribution in [2.24, 2.45) is 0 Å². The van der Waals surface area contributed by atoms with Crippen LogP contribution >= 0.6 is 15.9 Å². The first-order valence-electron chi connectivity index (χ1n) is 10.3. The minimum atomic E-state index is -0.687. The first-order chi connectivity index (χ1) is 14.9. The number of aliphatic hydroxyl groups is 1. The van der Waals surface area contributed by atoms with E-state index in [0.29, 0.717) is 37.1 Å². The molecule has 2 amide bonds. The van der Waals surface area contributed by atoms with Gasteiger partial charge in [0.25, 0.3) is 5.91 Å². The Hall–Kier alpha value is -2.78. The van der Waals surface area contributed by atoms with Gasteiger partial charge in [-0.05, 0) is 38.0 Å². The van der Waals surface area contributed by atoms with Crippen LogP contribution in [0.25, 0.3) is 11.0 Å². The fourth-order valence-corrected chi connectivity index (χ4v) is 5.56. The van der Waals surface area contributed by atoms with Crippen molar-refractivity contribution in [1.82, 2.24) is 20.1 Å². The first kappa shape index (κ1) is 20.1. The van der Waals surface area contributed by atoms with E-state index in [1.807, 2.05) is 18.2 Å². The molecule has 1 fully saturated rings. The van der Waals surface area contributed by atoms with E-state index in [1.54, 1.807) is 35.2 Å². The molecule has 0 saturated carbocycles. The fourth-order valence-electron chi connectivity index (χ4n) is 4.82. The summed E-state index contributed by atoms with van der Waals surface area (Å²) < 4.78 is 0.890.